The molecular formula is C18H17N5O8S5. The van der Waals surface area contributed by atoms with Crippen molar-refractivity contribution in [3.05, 3.63) is 26.1 Å². The largest absolute Gasteiger partial charge is 0.477 e. The molecule has 0 unspecified atom stereocenters. The summed E-state index contributed by atoms with van der Waals surface area (Å²) in [5.41, 5.74) is 3.04. The lowest BCUT2D eigenvalue weighted by Crippen LogP contribution is -2.81. The summed E-state index contributed by atoms with van der Waals surface area (Å²) in [6, 6.07) is 0. The van der Waals surface area contributed by atoms with Gasteiger partial charge in [-0.15, -0.1) is 22.0 Å². The number of ether oxygens (including phenoxy) is 1. The van der Waals surface area contributed by atoms with Crippen molar-refractivity contribution in [2.24, 2.45) is 5.73 Å². The number of rotatable bonds is 9. The maximum atomic E-state index is 13.2. The van der Waals surface area contributed by atoms with Crippen molar-refractivity contribution in [3.63, 3.8) is 0 Å². The molecule has 3 aliphatic heterocycles. The Hall–Kier alpha value is -2.25. The van der Waals surface area contributed by atoms with Crippen LogP contribution in [0.15, 0.2) is 25.4 Å². The third-order valence-corrected chi connectivity index (χ3v) is 11.4. The van der Waals surface area contributed by atoms with Crippen LogP contribution >= 0.6 is 58.4 Å². The first-order chi connectivity index (χ1) is 17.0. The van der Waals surface area contributed by atoms with E-state index < -0.39 is 50.9 Å². The molecule has 4 rings (SSSR count). The quantitative estimate of drug-likeness (QED) is 0.0759. The third-order valence-electron chi connectivity index (χ3n) is 5.13. The summed E-state index contributed by atoms with van der Waals surface area (Å²) < 4.78 is 5.32. The molecule has 0 aliphatic carbocycles. The van der Waals surface area contributed by atoms with Crippen molar-refractivity contribution >= 4 is 88.0 Å². The van der Waals surface area contributed by atoms with E-state index in [1.165, 1.54) is 42.0 Å². The molecule has 36 heavy (non-hydrogen) atoms. The van der Waals surface area contributed by atoms with E-state index >= 15 is 0 Å². The molecule has 0 radical (unpaired) electrons. The number of thioether (sulfide) groups is 4. The zero-order chi connectivity index (χ0) is 26.4. The molecule has 2 saturated heterocycles. The number of methoxy groups -OCH3 is 1. The minimum absolute atomic E-state index is 0.0825. The highest BCUT2D eigenvalue weighted by atomic mass is 32.3. The molecule has 0 aromatic carbocycles. The van der Waals surface area contributed by atoms with Crippen molar-refractivity contribution < 1.29 is 38.9 Å². The molecule has 2 atom stereocenters. The van der Waals surface area contributed by atoms with Crippen LogP contribution in [0.1, 0.15) is 5.01 Å². The Morgan fingerprint density at radius 2 is 1.97 bits per heavy atom. The Morgan fingerprint density at radius 3 is 2.50 bits per heavy atom. The maximum absolute atomic E-state index is 13.2. The van der Waals surface area contributed by atoms with E-state index in [0.717, 1.165) is 33.4 Å². The van der Waals surface area contributed by atoms with Gasteiger partial charge in [-0.1, -0.05) is 46.6 Å². The van der Waals surface area contributed by atoms with Gasteiger partial charge in [-0.3, -0.25) is 19.3 Å². The van der Waals surface area contributed by atoms with Crippen LogP contribution in [-0.4, -0.2) is 89.3 Å². The number of nitrogens with zero attached hydrogens (tertiary/aromatic N) is 3. The topological polar surface area (TPSA) is 202 Å². The van der Waals surface area contributed by atoms with Crippen molar-refractivity contribution in [3.8, 4) is 0 Å². The van der Waals surface area contributed by atoms with E-state index in [4.69, 9.17) is 15.6 Å². The predicted octanol–water partition coefficient (Wildman–Crippen LogP) is 0.239. The van der Waals surface area contributed by atoms with Crippen LogP contribution in [0.5, 0.6) is 0 Å². The molecule has 3 amide bonds. The van der Waals surface area contributed by atoms with Crippen LogP contribution in [-0.2, 0) is 28.7 Å². The Kier molecular flexibility index (Phi) is 7.63. The summed E-state index contributed by atoms with van der Waals surface area (Å²) in [4.78, 5) is 61.8. The first-order valence-corrected chi connectivity index (χ1v) is 14.4. The fraction of sp³-hybridized carbons (Fsp3) is 0.389. The van der Waals surface area contributed by atoms with Crippen LogP contribution < -0.4 is 11.1 Å². The standard InChI is InChI=1S/C18H17N5O8S5/c1-5-21-22-17(34-5)33-4-6-3-32-16-18(31-2,15(30)23(16)8(6)12(28)29)20-10(25)14-35-13(36-14)7(9(19)24)11(26)27/h14,16H,3-4H2,1-2H3,(H2,19,24)(H,20,25)(H,26,27)(H,28,29)/t14?,16-,18+/m1/s1. The zero-order valence-corrected chi connectivity index (χ0v) is 22.5. The number of aryl methyl sites for hydroxylation is 1. The number of β-lactam (4-membered cyclic amide) rings is 1. The Labute approximate surface area is 224 Å². The minimum Gasteiger partial charge on any atom is -0.477 e. The van der Waals surface area contributed by atoms with Gasteiger partial charge >= 0.3 is 11.9 Å². The lowest BCUT2D eigenvalue weighted by Gasteiger charge is -2.56. The fourth-order valence-electron chi connectivity index (χ4n) is 3.50. The molecule has 1 aromatic heterocycles. The molecule has 0 bridgehead atoms. The predicted molar refractivity (Wildman–Crippen MR) is 134 cm³/mol. The third kappa shape index (κ3) is 4.60. The van der Waals surface area contributed by atoms with Crippen LogP contribution in [0.3, 0.4) is 0 Å². The van der Waals surface area contributed by atoms with E-state index in [1.54, 1.807) is 0 Å². The van der Waals surface area contributed by atoms with Gasteiger partial charge in [0.1, 0.15) is 26.2 Å². The van der Waals surface area contributed by atoms with Crippen LogP contribution in [0.4, 0.5) is 0 Å². The van der Waals surface area contributed by atoms with Crippen molar-refractivity contribution in [1.82, 2.24) is 20.4 Å². The van der Waals surface area contributed by atoms with Crippen LogP contribution in [0, 0.1) is 6.92 Å². The second-order valence-corrected chi connectivity index (χ2v) is 13.6. The van der Waals surface area contributed by atoms with E-state index in [9.17, 15) is 29.1 Å². The first-order valence-electron chi connectivity index (χ1n) is 9.81. The Morgan fingerprint density at radius 1 is 1.28 bits per heavy atom. The summed E-state index contributed by atoms with van der Waals surface area (Å²) in [6.45, 7) is 1.81. The fourth-order valence-corrected chi connectivity index (χ4v) is 9.11. The summed E-state index contributed by atoms with van der Waals surface area (Å²) in [7, 11) is 1.23. The van der Waals surface area contributed by atoms with Gasteiger partial charge in [0, 0.05) is 18.6 Å². The highest BCUT2D eigenvalue weighted by Crippen LogP contribution is 2.53. The lowest BCUT2D eigenvalue weighted by molar-refractivity contribution is -0.192. The Bertz CT molecular complexity index is 1220. The smallest absolute Gasteiger partial charge is 0.352 e. The lowest BCUT2D eigenvalue weighted by atomic mass is 9.98. The number of hydrogen-bond acceptors (Lipinski definition) is 13. The molecule has 0 spiro atoms. The van der Waals surface area contributed by atoms with Gasteiger partial charge in [-0.2, -0.15) is 0 Å². The highest BCUT2D eigenvalue weighted by molar-refractivity contribution is 8.39. The van der Waals surface area contributed by atoms with Gasteiger partial charge in [0.05, 0.1) is 4.24 Å². The monoisotopic (exact) mass is 591 g/mol. The average Bonchev–Trinajstić information content (AvgIpc) is 3.21. The van der Waals surface area contributed by atoms with Crippen LogP contribution in [0.25, 0.3) is 0 Å². The number of hydrogen-bond donors (Lipinski definition) is 4. The molecule has 4 heterocycles. The number of nitrogens with two attached hydrogens (primary N) is 1. The summed E-state index contributed by atoms with van der Waals surface area (Å²) >= 11 is 5.59. The van der Waals surface area contributed by atoms with Gasteiger partial charge in [0.15, 0.2) is 4.34 Å². The van der Waals surface area contributed by atoms with Gasteiger partial charge in [-0.25, -0.2) is 9.59 Å². The second-order valence-electron chi connectivity index (χ2n) is 7.30. The van der Waals surface area contributed by atoms with Gasteiger partial charge in [-0.05, 0) is 12.5 Å². The van der Waals surface area contributed by atoms with Crippen molar-refractivity contribution in [1.29, 1.82) is 0 Å². The van der Waals surface area contributed by atoms with Crippen LogP contribution in [0.2, 0.25) is 0 Å². The average molecular weight is 592 g/mol. The molecule has 18 heteroatoms. The number of carbonyl (C=O) groups excluding carboxylic acids is 3. The number of amides is 3. The normalized spacial score (nSPS) is 25.0. The second kappa shape index (κ2) is 10.3. The number of aromatic nitrogens is 2. The first kappa shape index (κ1) is 26.8. The van der Waals surface area contributed by atoms with Crippen molar-refractivity contribution in [2.75, 3.05) is 18.6 Å². The van der Waals surface area contributed by atoms with Gasteiger partial charge < -0.3 is 26.0 Å². The highest BCUT2D eigenvalue weighted by Gasteiger charge is 2.67. The SMILES string of the molecule is CO[C@@]1(NC(=O)C2SC(=C(C(N)=O)C(=O)O)S2)C(=O)N2C(C(=O)O)=C(CSc3nnc(C)s3)CS[C@@H]21. The number of carboxylic acids is 2. The molecule has 3 aliphatic rings. The molecule has 192 valence electrons. The zero-order valence-electron chi connectivity index (χ0n) is 18.4. The van der Waals surface area contributed by atoms with E-state index in [-0.39, 0.29) is 15.7 Å². The van der Waals surface area contributed by atoms with E-state index in [2.05, 4.69) is 15.5 Å². The minimum atomic E-state index is -1.79. The summed E-state index contributed by atoms with van der Waals surface area (Å²) in [5, 5.41) is 29.4. The molecule has 0 saturated carbocycles. The molecule has 13 nitrogen and oxygen atoms in total. The van der Waals surface area contributed by atoms with Gasteiger partial charge in [0.25, 0.3) is 17.5 Å². The Balaban J connectivity index is 1.49. The van der Waals surface area contributed by atoms with Gasteiger partial charge in [0.2, 0.25) is 5.91 Å². The number of carbonyl (C=O) groups is 5. The molecular weight excluding hydrogens is 575 g/mol. The number of fused-ring (bicyclic) bond motifs is 1. The summed E-state index contributed by atoms with van der Waals surface area (Å²) in [5.74, 6) is -4.72. The molecule has 2 fully saturated rings. The summed E-state index contributed by atoms with van der Waals surface area (Å²) in [6.07, 6.45) is 0. The maximum Gasteiger partial charge on any atom is 0.352 e. The number of aliphatic carboxylic acids is 2. The number of primary amides is 1. The van der Waals surface area contributed by atoms with Crippen molar-refractivity contribution in [2.45, 2.75) is 26.9 Å². The molecule has 5 N–H and O–H groups in total. The molecule has 1 aromatic rings. The number of carboxylic acid groups (broad SMARTS) is 2. The van der Waals surface area contributed by atoms with E-state index in [1.807, 2.05) is 6.92 Å². The number of nitrogens with one attached hydrogen (secondary N) is 1. The van der Waals surface area contributed by atoms with E-state index in [0.29, 0.717) is 15.7 Å².